The second-order valence-electron chi connectivity index (χ2n) is 3.60. The Hall–Kier alpha value is -0.640. The van der Waals surface area contributed by atoms with Crippen LogP contribution in [-0.4, -0.2) is 17.3 Å². The molecule has 1 heterocycles. The van der Waals surface area contributed by atoms with Crippen molar-refractivity contribution in [1.29, 1.82) is 0 Å². The standard InChI is InChI=1S/C6H11NO3/c1-6(2,3)4-5(10-4)7(8)9/h4-5H,1-3H3/t4-,5-/m0/s1. The molecule has 0 bridgehead atoms. The number of nitro groups is 1. The highest BCUT2D eigenvalue weighted by Crippen LogP contribution is 2.37. The summed E-state index contributed by atoms with van der Waals surface area (Å²) in [5.74, 6) is 0. The fraction of sp³-hybridized carbons (Fsp3) is 1.00. The average molecular weight is 145 g/mol. The Morgan fingerprint density at radius 3 is 2.10 bits per heavy atom. The van der Waals surface area contributed by atoms with Crippen LogP contribution in [0.3, 0.4) is 0 Å². The summed E-state index contributed by atoms with van der Waals surface area (Å²) < 4.78 is 4.84. The zero-order valence-corrected chi connectivity index (χ0v) is 6.33. The summed E-state index contributed by atoms with van der Waals surface area (Å²) in [5, 5.41) is 10.1. The third-order valence-corrected chi connectivity index (χ3v) is 1.53. The van der Waals surface area contributed by atoms with Crippen LogP contribution in [0.25, 0.3) is 0 Å². The van der Waals surface area contributed by atoms with Crippen molar-refractivity contribution in [3.05, 3.63) is 10.1 Å². The van der Waals surface area contributed by atoms with Gasteiger partial charge in [-0.3, -0.25) is 10.1 Å². The first kappa shape index (κ1) is 7.47. The molecule has 1 saturated heterocycles. The molecule has 0 aliphatic carbocycles. The predicted molar refractivity (Wildman–Crippen MR) is 35.1 cm³/mol. The summed E-state index contributed by atoms with van der Waals surface area (Å²) in [4.78, 5) is 9.72. The van der Waals surface area contributed by atoms with Crippen molar-refractivity contribution < 1.29 is 9.66 Å². The van der Waals surface area contributed by atoms with Gasteiger partial charge in [0, 0.05) is 0 Å². The lowest BCUT2D eigenvalue weighted by molar-refractivity contribution is -0.516. The second kappa shape index (κ2) is 1.92. The van der Waals surface area contributed by atoms with E-state index in [1.807, 2.05) is 20.8 Å². The van der Waals surface area contributed by atoms with Gasteiger partial charge in [0.1, 0.15) is 0 Å². The van der Waals surface area contributed by atoms with E-state index < -0.39 is 6.23 Å². The van der Waals surface area contributed by atoms with Crippen LogP contribution in [0.5, 0.6) is 0 Å². The van der Waals surface area contributed by atoms with E-state index in [9.17, 15) is 10.1 Å². The maximum Gasteiger partial charge on any atom is 0.343 e. The molecule has 0 amide bonds. The highest BCUT2D eigenvalue weighted by atomic mass is 16.7. The van der Waals surface area contributed by atoms with E-state index in [1.54, 1.807) is 0 Å². The maximum atomic E-state index is 10.1. The molecule has 10 heavy (non-hydrogen) atoms. The van der Waals surface area contributed by atoms with Crippen LogP contribution >= 0.6 is 0 Å². The second-order valence-corrected chi connectivity index (χ2v) is 3.60. The minimum absolute atomic E-state index is 0.0995. The number of ether oxygens (including phenoxy) is 1. The normalized spacial score (nSPS) is 31.9. The molecule has 4 nitrogen and oxygen atoms in total. The first-order valence-electron chi connectivity index (χ1n) is 3.22. The van der Waals surface area contributed by atoms with Gasteiger partial charge in [0.2, 0.25) is 0 Å². The summed E-state index contributed by atoms with van der Waals surface area (Å²) in [7, 11) is 0. The quantitative estimate of drug-likeness (QED) is 0.314. The van der Waals surface area contributed by atoms with Gasteiger partial charge in [-0.15, -0.1) is 0 Å². The molecule has 0 saturated carbocycles. The highest BCUT2D eigenvalue weighted by molar-refractivity contribution is 4.87. The van der Waals surface area contributed by atoms with Gasteiger partial charge in [-0.25, -0.2) is 0 Å². The molecule has 58 valence electrons. The largest absolute Gasteiger partial charge is 0.343 e. The van der Waals surface area contributed by atoms with Crippen LogP contribution < -0.4 is 0 Å². The molecule has 0 aromatic carbocycles. The molecule has 4 heteroatoms. The molecule has 0 aromatic heterocycles. The minimum atomic E-state index is -0.750. The maximum absolute atomic E-state index is 10.1. The number of epoxide rings is 1. The average Bonchev–Trinajstić information content (AvgIpc) is 2.35. The molecule has 1 aliphatic heterocycles. The van der Waals surface area contributed by atoms with Crippen molar-refractivity contribution in [3.8, 4) is 0 Å². The van der Waals surface area contributed by atoms with Gasteiger partial charge in [0.25, 0.3) is 0 Å². The van der Waals surface area contributed by atoms with Crippen molar-refractivity contribution in [3.63, 3.8) is 0 Å². The summed E-state index contributed by atoms with van der Waals surface area (Å²) in [6, 6.07) is 0. The topological polar surface area (TPSA) is 55.7 Å². The molecule has 0 unspecified atom stereocenters. The SMILES string of the molecule is CC(C)(C)[C@H]1O[C@@H]1[N+](=O)[O-]. The first-order valence-corrected chi connectivity index (χ1v) is 3.22. The monoisotopic (exact) mass is 145 g/mol. The van der Waals surface area contributed by atoms with Gasteiger partial charge < -0.3 is 4.74 Å². The Labute approximate surface area is 59.3 Å². The Bertz CT molecular complexity index is 161. The molecule has 0 aromatic rings. The third-order valence-electron chi connectivity index (χ3n) is 1.53. The molecule has 2 atom stereocenters. The van der Waals surface area contributed by atoms with E-state index in [0.717, 1.165) is 0 Å². The zero-order valence-electron chi connectivity index (χ0n) is 6.33. The molecular formula is C6H11NO3. The van der Waals surface area contributed by atoms with Gasteiger partial charge in [0.15, 0.2) is 6.10 Å². The Morgan fingerprint density at radius 1 is 1.50 bits per heavy atom. The van der Waals surface area contributed by atoms with E-state index >= 15 is 0 Å². The number of hydrogen-bond donors (Lipinski definition) is 0. The summed E-state index contributed by atoms with van der Waals surface area (Å²) in [5.41, 5.74) is -0.0995. The zero-order chi connectivity index (χ0) is 7.94. The number of hydrogen-bond acceptors (Lipinski definition) is 3. The molecule has 0 spiro atoms. The van der Waals surface area contributed by atoms with E-state index in [0.29, 0.717) is 0 Å². The van der Waals surface area contributed by atoms with Gasteiger partial charge in [-0.2, -0.15) is 0 Å². The minimum Gasteiger partial charge on any atom is -0.301 e. The smallest absolute Gasteiger partial charge is 0.301 e. The van der Waals surface area contributed by atoms with Crippen LogP contribution in [-0.2, 0) is 4.74 Å². The van der Waals surface area contributed by atoms with E-state index in [4.69, 9.17) is 4.74 Å². The van der Waals surface area contributed by atoms with Crippen molar-refractivity contribution in [1.82, 2.24) is 0 Å². The van der Waals surface area contributed by atoms with Crippen LogP contribution in [0, 0.1) is 15.5 Å². The summed E-state index contributed by atoms with van der Waals surface area (Å²) in [6.45, 7) is 5.80. The fourth-order valence-electron chi connectivity index (χ4n) is 0.897. The van der Waals surface area contributed by atoms with Crippen LogP contribution in [0.15, 0.2) is 0 Å². The summed E-state index contributed by atoms with van der Waals surface area (Å²) in [6.07, 6.45) is -0.942. The molecular weight excluding hydrogens is 134 g/mol. The van der Waals surface area contributed by atoms with Gasteiger partial charge in [-0.1, -0.05) is 20.8 Å². The third kappa shape index (κ3) is 1.26. The van der Waals surface area contributed by atoms with Crippen LogP contribution in [0.1, 0.15) is 20.8 Å². The van der Waals surface area contributed by atoms with Gasteiger partial charge in [-0.05, 0) is 5.41 Å². The van der Waals surface area contributed by atoms with Crippen molar-refractivity contribution in [2.45, 2.75) is 33.1 Å². The van der Waals surface area contributed by atoms with E-state index in [-0.39, 0.29) is 16.4 Å². The highest BCUT2D eigenvalue weighted by Gasteiger charge is 2.56. The fourth-order valence-corrected chi connectivity index (χ4v) is 0.897. The van der Waals surface area contributed by atoms with E-state index in [1.165, 1.54) is 0 Å². The number of rotatable bonds is 1. The lowest BCUT2D eigenvalue weighted by atomic mass is 9.92. The van der Waals surface area contributed by atoms with Crippen molar-refractivity contribution in [2.75, 3.05) is 0 Å². The molecule has 1 fully saturated rings. The van der Waals surface area contributed by atoms with Crippen LogP contribution in [0.2, 0.25) is 0 Å². The van der Waals surface area contributed by atoms with Crippen molar-refractivity contribution in [2.24, 2.45) is 5.41 Å². The number of nitrogens with zero attached hydrogens (tertiary/aromatic N) is 1. The lowest BCUT2D eigenvalue weighted by Crippen LogP contribution is -2.19. The Morgan fingerprint density at radius 2 is 2.00 bits per heavy atom. The molecule has 0 radical (unpaired) electrons. The van der Waals surface area contributed by atoms with E-state index in [2.05, 4.69) is 0 Å². The Kier molecular flexibility index (Phi) is 1.43. The van der Waals surface area contributed by atoms with Crippen molar-refractivity contribution >= 4 is 0 Å². The molecule has 0 N–H and O–H groups in total. The first-order chi connectivity index (χ1) is 4.43. The lowest BCUT2D eigenvalue weighted by Gasteiger charge is -2.11. The van der Waals surface area contributed by atoms with Gasteiger partial charge >= 0.3 is 6.23 Å². The summed E-state index contributed by atoms with van der Waals surface area (Å²) >= 11 is 0. The van der Waals surface area contributed by atoms with Gasteiger partial charge in [0.05, 0.1) is 4.92 Å². The molecule has 1 aliphatic rings. The molecule has 1 rings (SSSR count). The predicted octanol–water partition coefficient (Wildman–Crippen LogP) is 1.03. The van der Waals surface area contributed by atoms with Crippen LogP contribution in [0.4, 0.5) is 0 Å². The Balaban J connectivity index is 2.46.